The number of hydrogen-bond acceptors (Lipinski definition) is 1. The van der Waals surface area contributed by atoms with Crippen LogP contribution in [0.1, 0.15) is 44.7 Å². The summed E-state index contributed by atoms with van der Waals surface area (Å²) in [7, 11) is 0. The molecule has 1 aromatic heterocycles. The first-order chi connectivity index (χ1) is 7.61. The molecule has 0 bridgehead atoms. The zero-order valence-electron chi connectivity index (χ0n) is 10.6. The van der Waals surface area contributed by atoms with Gasteiger partial charge in [0.25, 0.3) is 0 Å². The van der Waals surface area contributed by atoms with Gasteiger partial charge >= 0.3 is 0 Å². The fourth-order valence-corrected chi connectivity index (χ4v) is 2.41. The van der Waals surface area contributed by atoms with Crippen LogP contribution in [0.3, 0.4) is 0 Å². The first kappa shape index (κ1) is 13.0. The Hall–Kier alpha value is -1.02. The van der Waals surface area contributed by atoms with Crippen LogP contribution in [0.2, 0.25) is 5.02 Å². The first-order valence-corrected chi connectivity index (χ1v) is 6.11. The Labute approximate surface area is 102 Å². The van der Waals surface area contributed by atoms with Gasteiger partial charge in [-0.1, -0.05) is 39.3 Å². The lowest BCUT2D eigenvalue weighted by molar-refractivity contribution is 0.860. The van der Waals surface area contributed by atoms with Crippen molar-refractivity contribution >= 4 is 22.5 Å². The van der Waals surface area contributed by atoms with Crippen molar-refractivity contribution in [3.05, 3.63) is 28.4 Å². The van der Waals surface area contributed by atoms with E-state index in [0.29, 0.717) is 5.92 Å². The molecule has 1 N–H and O–H groups in total. The number of aromatic nitrogens is 2. The summed E-state index contributed by atoms with van der Waals surface area (Å²) in [6.07, 6.45) is 1.85. The van der Waals surface area contributed by atoms with Gasteiger partial charge in [0.15, 0.2) is 0 Å². The Morgan fingerprint density at radius 3 is 2.50 bits per heavy atom. The third-order valence-corrected chi connectivity index (χ3v) is 2.90. The minimum absolute atomic E-state index is 0.446. The average molecular weight is 239 g/mol. The maximum absolute atomic E-state index is 6.21. The van der Waals surface area contributed by atoms with Crippen molar-refractivity contribution in [2.45, 2.75) is 40.5 Å². The van der Waals surface area contributed by atoms with E-state index in [0.717, 1.165) is 15.9 Å². The number of benzene rings is 1. The largest absolute Gasteiger partial charge is 0.278 e. The molecule has 2 aromatic rings. The first-order valence-electron chi connectivity index (χ1n) is 5.73. The zero-order valence-corrected chi connectivity index (χ0v) is 11.3. The number of fused-ring (bicyclic) bond motifs is 1. The summed E-state index contributed by atoms with van der Waals surface area (Å²) in [6.45, 7) is 10.4. The van der Waals surface area contributed by atoms with Crippen LogP contribution in [-0.4, -0.2) is 10.2 Å². The van der Waals surface area contributed by atoms with Gasteiger partial charge in [0, 0.05) is 10.4 Å². The second-order valence-electron chi connectivity index (χ2n) is 3.88. The third kappa shape index (κ3) is 2.22. The summed E-state index contributed by atoms with van der Waals surface area (Å²) in [6, 6.07) is 1.95. The van der Waals surface area contributed by atoms with Crippen molar-refractivity contribution in [3.8, 4) is 0 Å². The number of aryl methyl sites for hydroxylation is 1. The number of hydrogen-bond donors (Lipinski definition) is 1. The monoisotopic (exact) mass is 238 g/mol. The molecule has 2 nitrogen and oxygen atoms in total. The third-order valence-electron chi connectivity index (χ3n) is 2.58. The summed E-state index contributed by atoms with van der Waals surface area (Å²) < 4.78 is 0. The van der Waals surface area contributed by atoms with Crippen LogP contribution >= 0.6 is 11.6 Å². The lowest BCUT2D eigenvalue weighted by Gasteiger charge is -2.12. The molecule has 3 heteroatoms. The van der Waals surface area contributed by atoms with Crippen molar-refractivity contribution in [1.29, 1.82) is 0 Å². The SMILES string of the molecule is CC.Cc1c(C(C)C)c(Cl)cc2[nH]ncc12. The predicted molar refractivity (Wildman–Crippen MR) is 71.3 cm³/mol. The standard InChI is InChI=1S/C11H13ClN2.C2H6/c1-6(2)11-7(3)8-5-13-14-10(8)4-9(11)12;1-2/h4-6H,1-3H3,(H,13,14);1-2H3. The second kappa shape index (κ2) is 5.35. The van der Waals surface area contributed by atoms with Gasteiger partial charge < -0.3 is 0 Å². The van der Waals surface area contributed by atoms with E-state index in [2.05, 4.69) is 31.0 Å². The molecule has 0 saturated carbocycles. The molecular formula is C13H19ClN2. The number of aromatic amines is 1. The zero-order chi connectivity index (χ0) is 12.3. The van der Waals surface area contributed by atoms with Crippen molar-refractivity contribution < 1.29 is 0 Å². The lowest BCUT2D eigenvalue weighted by Crippen LogP contribution is -1.94. The summed E-state index contributed by atoms with van der Waals surface area (Å²) in [4.78, 5) is 0. The molecular weight excluding hydrogens is 220 g/mol. The van der Waals surface area contributed by atoms with E-state index in [4.69, 9.17) is 11.6 Å². The van der Waals surface area contributed by atoms with Crippen molar-refractivity contribution in [1.82, 2.24) is 10.2 Å². The number of nitrogens with one attached hydrogen (secondary N) is 1. The van der Waals surface area contributed by atoms with Gasteiger partial charge in [0.1, 0.15) is 0 Å². The van der Waals surface area contributed by atoms with E-state index in [1.807, 2.05) is 26.1 Å². The minimum Gasteiger partial charge on any atom is -0.278 e. The van der Waals surface area contributed by atoms with Gasteiger partial charge in [-0.3, -0.25) is 5.10 Å². The molecule has 0 fully saturated rings. The molecule has 0 aliphatic carbocycles. The van der Waals surface area contributed by atoms with Crippen LogP contribution in [0, 0.1) is 6.92 Å². The molecule has 0 aliphatic rings. The fraction of sp³-hybridized carbons (Fsp3) is 0.462. The van der Waals surface area contributed by atoms with Gasteiger partial charge in [0.2, 0.25) is 0 Å². The maximum atomic E-state index is 6.21. The van der Waals surface area contributed by atoms with E-state index in [9.17, 15) is 0 Å². The Morgan fingerprint density at radius 2 is 1.94 bits per heavy atom. The van der Waals surface area contributed by atoms with Gasteiger partial charge in [-0.25, -0.2) is 0 Å². The van der Waals surface area contributed by atoms with Crippen LogP contribution in [0.5, 0.6) is 0 Å². The molecule has 1 heterocycles. The van der Waals surface area contributed by atoms with Gasteiger partial charge in [-0.05, 0) is 30.0 Å². The normalized spacial score (nSPS) is 10.4. The highest BCUT2D eigenvalue weighted by Crippen LogP contribution is 2.32. The van der Waals surface area contributed by atoms with E-state index in [1.165, 1.54) is 11.1 Å². The number of H-pyrrole nitrogens is 1. The molecule has 0 radical (unpaired) electrons. The Kier molecular flexibility index (Phi) is 4.36. The van der Waals surface area contributed by atoms with E-state index in [-0.39, 0.29) is 0 Å². The summed E-state index contributed by atoms with van der Waals surface area (Å²) in [5.41, 5.74) is 3.47. The van der Waals surface area contributed by atoms with Crippen LogP contribution in [0.15, 0.2) is 12.3 Å². The molecule has 1 aromatic carbocycles. The molecule has 0 spiro atoms. The topological polar surface area (TPSA) is 28.7 Å². The van der Waals surface area contributed by atoms with E-state index < -0.39 is 0 Å². The van der Waals surface area contributed by atoms with Crippen LogP contribution in [0.4, 0.5) is 0 Å². The number of halogens is 1. The predicted octanol–water partition coefficient (Wildman–Crippen LogP) is 4.67. The van der Waals surface area contributed by atoms with E-state index in [1.54, 1.807) is 0 Å². The number of rotatable bonds is 1. The summed E-state index contributed by atoms with van der Waals surface area (Å²) >= 11 is 6.21. The van der Waals surface area contributed by atoms with Crippen LogP contribution in [0.25, 0.3) is 10.9 Å². The van der Waals surface area contributed by atoms with Crippen molar-refractivity contribution in [2.24, 2.45) is 0 Å². The van der Waals surface area contributed by atoms with E-state index >= 15 is 0 Å². The summed E-state index contributed by atoms with van der Waals surface area (Å²) in [5.74, 6) is 0.446. The second-order valence-corrected chi connectivity index (χ2v) is 4.29. The molecule has 0 saturated heterocycles. The molecule has 0 aliphatic heterocycles. The molecule has 0 amide bonds. The highest BCUT2D eigenvalue weighted by atomic mass is 35.5. The molecule has 2 rings (SSSR count). The average Bonchev–Trinajstić information content (AvgIpc) is 2.68. The van der Waals surface area contributed by atoms with Crippen molar-refractivity contribution in [2.75, 3.05) is 0 Å². The van der Waals surface area contributed by atoms with Crippen LogP contribution < -0.4 is 0 Å². The Morgan fingerprint density at radius 1 is 1.31 bits per heavy atom. The van der Waals surface area contributed by atoms with Crippen molar-refractivity contribution in [3.63, 3.8) is 0 Å². The Balaban J connectivity index is 0.000000606. The maximum Gasteiger partial charge on any atom is 0.0668 e. The highest BCUT2D eigenvalue weighted by molar-refractivity contribution is 6.32. The number of nitrogens with zero attached hydrogens (tertiary/aromatic N) is 1. The van der Waals surface area contributed by atoms with Gasteiger partial charge in [-0.15, -0.1) is 0 Å². The minimum atomic E-state index is 0.446. The highest BCUT2D eigenvalue weighted by Gasteiger charge is 2.12. The molecule has 16 heavy (non-hydrogen) atoms. The molecule has 88 valence electrons. The van der Waals surface area contributed by atoms with Gasteiger partial charge in [-0.2, -0.15) is 5.10 Å². The van der Waals surface area contributed by atoms with Crippen LogP contribution in [-0.2, 0) is 0 Å². The fourth-order valence-electron chi connectivity index (χ4n) is 1.94. The Bertz CT molecular complexity index is 472. The lowest BCUT2D eigenvalue weighted by atomic mass is 9.95. The quantitative estimate of drug-likeness (QED) is 0.768. The van der Waals surface area contributed by atoms with Gasteiger partial charge in [0.05, 0.1) is 11.7 Å². The summed E-state index contributed by atoms with van der Waals surface area (Å²) in [5, 5.41) is 8.95. The smallest absolute Gasteiger partial charge is 0.0668 e. The molecule has 0 atom stereocenters. The molecule has 0 unspecified atom stereocenters.